The number of sulfonamides is 1. The number of ether oxygens (including phenoxy) is 3. The molecular weight excluding hydrogens is 763 g/mol. The van der Waals surface area contributed by atoms with Crippen molar-refractivity contribution in [2.75, 3.05) is 19.8 Å². The highest BCUT2D eigenvalue weighted by Crippen LogP contribution is 2.45. The molecule has 0 radical (unpaired) electrons. The number of amides is 4. The molecule has 1 unspecified atom stereocenters. The SMILES string of the molecule is CCOc1ccc2c(O[C@@H]3C[C@@H](C(N)=O)N(C(=O)[C@@H](NC(=O)OCC4(C)CC4)[C@H](C)C[C@@H](C)CC/C=C\[C@@H]4CCCC4C(=O)NS(=O)(=O)C4(C)CC4)C3)nccc2c1. The monoisotopic (exact) mass is 823 g/mol. The van der Waals surface area contributed by atoms with Gasteiger partial charge in [-0.15, -0.1) is 0 Å². The Hall–Kier alpha value is -4.40. The number of likely N-dealkylation sites (tertiary alicyclic amines) is 1. The first-order valence-corrected chi connectivity index (χ1v) is 22.4. The number of benzene rings is 1. The number of aromatic nitrogens is 1. The van der Waals surface area contributed by atoms with E-state index in [0.29, 0.717) is 38.2 Å². The molecule has 3 saturated carbocycles. The van der Waals surface area contributed by atoms with Crippen LogP contribution in [0.5, 0.6) is 11.6 Å². The summed E-state index contributed by atoms with van der Waals surface area (Å²) in [4.78, 5) is 59.3. The lowest BCUT2D eigenvalue weighted by atomic mass is 9.87. The average molecular weight is 824 g/mol. The second-order valence-corrected chi connectivity index (χ2v) is 20.0. The van der Waals surface area contributed by atoms with Gasteiger partial charge in [0.25, 0.3) is 0 Å². The number of nitrogens with zero attached hydrogens (tertiary/aromatic N) is 2. The molecule has 6 rings (SSSR count). The molecule has 7 atom stereocenters. The van der Waals surface area contributed by atoms with Gasteiger partial charge < -0.3 is 30.2 Å². The van der Waals surface area contributed by atoms with Gasteiger partial charge in [-0.25, -0.2) is 18.2 Å². The molecule has 1 saturated heterocycles. The van der Waals surface area contributed by atoms with Gasteiger partial charge in [-0.2, -0.15) is 0 Å². The number of fused-ring (bicyclic) bond motifs is 1. The minimum Gasteiger partial charge on any atom is -0.494 e. The Morgan fingerprint density at radius 3 is 2.53 bits per heavy atom. The van der Waals surface area contributed by atoms with Crippen molar-refractivity contribution in [3.63, 3.8) is 0 Å². The lowest BCUT2D eigenvalue weighted by molar-refractivity contribution is -0.140. The maximum atomic E-state index is 14.5. The van der Waals surface area contributed by atoms with Gasteiger partial charge in [-0.1, -0.05) is 39.3 Å². The van der Waals surface area contributed by atoms with Crippen molar-refractivity contribution < 1.29 is 41.8 Å². The molecule has 15 heteroatoms. The van der Waals surface area contributed by atoms with Gasteiger partial charge in [0.1, 0.15) is 23.9 Å². The van der Waals surface area contributed by atoms with Gasteiger partial charge in [-0.05, 0) is 119 Å². The van der Waals surface area contributed by atoms with Crippen molar-refractivity contribution in [1.82, 2.24) is 19.9 Å². The normalized spacial score (nSPS) is 24.8. The molecule has 3 aliphatic carbocycles. The summed E-state index contributed by atoms with van der Waals surface area (Å²) < 4.78 is 44.4. The molecule has 4 aliphatic rings. The number of hydrogen-bond donors (Lipinski definition) is 3. The zero-order chi connectivity index (χ0) is 41.8. The van der Waals surface area contributed by atoms with Crippen molar-refractivity contribution in [2.24, 2.45) is 34.8 Å². The fraction of sp³-hybridized carbons (Fsp3) is 0.651. The molecule has 1 aromatic heterocycles. The van der Waals surface area contributed by atoms with E-state index in [-0.39, 0.29) is 48.7 Å². The number of carbonyl (C=O) groups is 4. The maximum Gasteiger partial charge on any atom is 0.407 e. The van der Waals surface area contributed by atoms with Crippen LogP contribution in [0.1, 0.15) is 105 Å². The standard InChI is InChI=1S/C43H61N5O9S/c1-6-55-31-14-15-34-30(23-31)16-21-45-39(34)57-32-24-35(37(44)49)48(25-32)40(51)36(46-41(52)56-26-42(4)17-18-42)28(3)22-27(2)10-7-8-11-29-12-9-13-33(29)38(50)47-58(53,54)43(5)19-20-43/h8,11,14-16,21,23,27-29,32-33,35-36H,6-7,9-10,12-13,17-20,22,24-26H2,1-5H3,(H2,44,49)(H,46,52)(H,47,50)/b11-8-/t27-,28+,29+,32+,33?,35-,36-/m0/s1. The number of allylic oxidation sites excluding steroid dienone is 2. The van der Waals surface area contributed by atoms with E-state index in [9.17, 15) is 27.6 Å². The van der Waals surface area contributed by atoms with Crippen LogP contribution in [0.15, 0.2) is 42.6 Å². The van der Waals surface area contributed by atoms with Gasteiger partial charge in [0.05, 0.1) is 24.5 Å². The van der Waals surface area contributed by atoms with Gasteiger partial charge in [0.2, 0.25) is 33.6 Å². The van der Waals surface area contributed by atoms with Crippen molar-refractivity contribution in [1.29, 1.82) is 0 Å². The molecule has 1 aliphatic heterocycles. The van der Waals surface area contributed by atoms with Gasteiger partial charge in [0, 0.05) is 29.3 Å². The number of alkyl carbamates (subject to hydrolysis) is 1. The number of pyridine rings is 1. The topological polar surface area (TPSA) is 196 Å². The third-order valence-electron chi connectivity index (χ3n) is 12.7. The molecule has 0 spiro atoms. The second-order valence-electron chi connectivity index (χ2n) is 17.8. The number of nitrogens with two attached hydrogens (primary N) is 1. The van der Waals surface area contributed by atoms with E-state index in [4.69, 9.17) is 19.9 Å². The largest absolute Gasteiger partial charge is 0.494 e. The van der Waals surface area contributed by atoms with Gasteiger partial charge in [-0.3, -0.25) is 19.1 Å². The van der Waals surface area contributed by atoms with Crippen LogP contribution in [0, 0.1) is 29.1 Å². The molecule has 58 heavy (non-hydrogen) atoms. The van der Waals surface area contributed by atoms with Gasteiger partial charge >= 0.3 is 6.09 Å². The van der Waals surface area contributed by atoms with Crippen LogP contribution in [-0.4, -0.2) is 84.8 Å². The number of nitrogens with one attached hydrogen (secondary N) is 2. The predicted octanol–water partition coefficient (Wildman–Crippen LogP) is 5.78. The zero-order valence-corrected chi connectivity index (χ0v) is 35.4. The van der Waals surface area contributed by atoms with E-state index < -0.39 is 56.8 Å². The molecule has 4 amide bonds. The molecule has 14 nitrogen and oxygen atoms in total. The van der Waals surface area contributed by atoms with Gasteiger partial charge in [0.15, 0.2) is 0 Å². The van der Waals surface area contributed by atoms with E-state index in [1.165, 1.54) is 4.90 Å². The molecule has 2 aromatic rings. The number of primary amides is 1. The average Bonchev–Trinajstić information content (AvgIpc) is 3.99. The summed E-state index contributed by atoms with van der Waals surface area (Å²) in [7, 11) is -3.68. The smallest absolute Gasteiger partial charge is 0.407 e. The lowest BCUT2D eigenvalue weighted by Crippen LogP contribution is -2.55. The van der Waals surface area contributed by atoms with Crippen LogP contribution in [-0.2, 0) is 29.1 Å². The highest BCUT2D eigenvalue weighted by atomic mass is 32.2. The minimum absolute atomic E-state index is 0.0253. The van der Waals surface area contributed by atoms with Crippen LogP contribution < -0.4 is 25.2 Å². The first-order chi connectivity index (χ1) is 27.5. The third-order valence-corrected chi connectivity index (χ3v) is 14.8. The summed E-state index contributed by atoms with van der Waals surface area (Å²) >= 11 is 0. The van der Waals surface area contributed by atoms with Crippen molar-refractivity contribution in [3.05, 3.63) is 42.6 Å². The number of carbonyl (C=O) groups excluding carboxylic acids is 4. The fourth-order valence-corrected chi connectivity index (χ4v) is 9.59. The van der Waals surface area contributed by atoms with Crippen LogP contribution >= 0.6 is 0 Å². The highest BCUT2D eigenvalue weighted by Gasteiger charge is 2.51. The van der Waals surface area contributed by atoms with Crippen molar-refractivity contribution in [3.8, 4) is 11.6 Å². The molecule has 318 valence electrons. The van der Waals surface area contributed by atoms with Crippen molar-refractivity contribution in [2.45, 2.75) is 128 Å². The Kier molecular flexibility index (Phi) is 13.3. The summed E-state index contributed by atoms with van der Waals surface area (Å²) in [6.07, 6.45) is 12.2. The molecular formula is C43H61N5O9S. The van der Waals surface area contributed by atoms with E-state index >= 15 is 0 Å². The highest BCUT2D eigenvalue weighted by molar-refractivity contribution is 7.91. The first-order valence-electron chi connectivity index (χ1n) is 21.0. The van der Waals surface area contributed by atoms with Crippen LogP contribution in [0.4, 0.5) is 4.79 Å². The fourth-order valence-electron chi connectivity index (χ4n) is 8.29. The number of hydrogen-bond acceptors (Lipinski definition) is 10. The van der Waals surface area contributed by atoms with E-state index in [1.807, 2.05) is 51.1 Å². The van der Waals surface area contributed by atoms with Crippen molar-refractivity contribution >= 4 is 44.6 Å². The Balaban J connectivity index is 1.08. The molecule has 4 fully saturated rings. The Morgan fingerprint density at radius 1 is 1.09 bits per heavy atom. The quantitative estimate of drug-likeness (QED) is 0.146. The minimum atomic E-state index is -3.68. The molecule has 1 aromatic carbocycles. The van der Waals surface area contributed by atoms with E-state index in [2.05, 4.69) is 28.0 Å². The van der Waals surface area contributed by atoms with Crippen LogP contribution in [0.3, 0.4) is 0 Å². The Labute approximate surface area is 342 Å². The molecule has 0 bridgehead atoms. The second kappa shape index (κ2) is 17.8. The Bertz CT molecular complexity index is 1980. The summed E-state index contributed by atoms with van der Waals surface area (Å²) in [6, 6.07) is 5.54. The summed E-state index contributed by atoms with van der Waals surface area (Å²) in [5.41, 5.74) is 5.83. The molecule has 4 N–H and O–H groups in total. The maximum absolute atomic E-state index is 14.5. The number of rotatable bonds is 19. The first kappa shape index (κ1) is 43.2. The summed E-state index contributed by atoms with van der Waals surface area (Å²) in [5.74, 6) is -0.998. The van der Waals surface area contributed by atoms with E-state index in [1.54, 1.807) is 13.1 Å². The van der Waals surface area contributed by atoms with Crippen LogP contribution in [0.2, 0.25) is 0 Å². The lowest BCUT2D eigenvalue weighted by Gasteiger charge is -2.31. The summed E-state index contributed by atoms with van der Waals surface area (Å²) in [5, 5.41) is 4.48. The third kappa shape index (κ3) is 10.4. The Morgan fingerprint density at radius 2 is 1.84 bits per heavy atom. The van der Waals surface area contributed by atoms with E-state index in [0.717, 1.165) is 55.0 Å². The predicted molar refractivity (Wildman–Crippen MR) is 219 cm³/mol. The zero-order valence-electron chi connectivity index (χ0n) is 34.5. The van der Waals surface area contributed by atoms with Crippen LogP contribution in [0.25, 0.3) is 10.8 Å². The summed E-state index contributed by atoms with van der Waals surface area (Å²) in [6.45, 7) is 10.5. The molecule has 2 heterocycles.